The molecular formula is C18H13BrF4N2O5S. The molecular weight excluding hydrogens is 512 g/mol. The lowest BCUT2D eigenvalue weighted by atomic mass is 10.1. The molecule has 1 aromatic carbocycles. The summed E-state index contributed by atoms with van der Waals surface area (Å²) in [5.41, 5.74) is -4.07. The molecule has 13 heteroatoms. The molecule has 3 rings (SSSR count). The van der Waals surface area contributed by atoms with Crippen LogP contribution in [0.1, 0.15) is 15.9 Å². The predicted octanol–water partition coefficient (Wildman–Crippen LogP) is 3.31. The Morgan fingerprint density at radius 3 is 2.42 bits per heavy atom. The first kappa shape index (κ1) is 24.6. The molecule has 0 saturated heterocycles. The third kappa shape index (κ3) is 6.18. The van der Waals surface area contributed by atoms with E-state index in [2.05, 4.69) is 25.7 Å². The molecule has 0 N–H and O–H groups in total. The number of methoxy groups -OCH3 is 1. The van der Waals surface area contributed by atoms with Crippen LogP contribution >= 0.6 is 15.9 Å². The maximum absolute atomic E-state index is 14.5. The summed E-state index contributed by atoms with van der Waals surface area (Å²) in [4.78, 5) is 16.0. The van der Waals surface area contributed by atoms with E-state index in [1.807, 2.05) is 30.3 Å². The van der Waals surface area contributed by atoms with Crippen LogP contribution in [0.25, 0.3) is 10.9 Å². The number of carbonyl (C=O) groups excluding carboxylic acids is 1. The molecule has 0 aliphatic carbocycles. The van der Waals surface area contributed by atoms with E-state index in [0.29, 0.717) is 4.60 Å². The first-order valence-electron chi connectivity index (χ1n) is 8.17. The average Bonchev–Trinajstić information content (AvgIpc) is 2.68. The molecule has 0 saturated carbocycles. The second-order valence-electron chi connectivity index (χ2n) is 5.86. The number of para-hydroxylation sites is 1. The number of rotatable bonds is 3. The van der Waals surface area contributed by atoms with Gasteiger partial charge in [-0.05, 0) is 34.1 Å². The van der Waals surface area contributed by atoms with Crippen molar-refractivity contribution >= 4 is 42.9 Å². The van der Waals surface area contributed by atoms with E-state index in [4.69, 9.17) is 13.0 Å². The van der Waals surface area contributed by atoms with Gasteiger partial charge < -0.3 is 9.29 Å². The number of fused-ring (bicyclic) bond motifs is 1. The van der Waals surface area contributed by atoms with Gasteiger partial charge in [0.25, 0.3) is 0 Å². The minimum absolute atomic E-state index is 0.0973. The fourth-order valence-corrected chi connectivity index (χ4v) is 2.78. The highest BCUT2D eigenvalue weighted by Gasteiger charge is 2.36. The molecule has 0 atom stereocenters. The highest BCUT2D eigenvalue weighted by Crippen LogP contribution is 2.21. The Bertz CT molecular complexity index is 1220. The van der Waals surface area contributed by atoms with E-state index >= 15 is 0 Å². The first-order valence-corrected chi connectivity index (χ1v) is 10.4. The van der Waals surface area contributed by atoms with Gasteiger partial charge in [-0.1, -0.05) is 18.2 Å². The van der Waals surface area contributed by atoms with Crippen molar-refractivity contribution in [3.63, 3.8) is 0 Å². The monoisotopic (exact) mass is 524 g/mol. The van der Waals surface area contributed by atoms with Crippen LogP contribution in [-0.2, 0) is 21.4 Å². The van der Waals surface area contributed by atoms with Crippen molar-refractivity contribution in [3.8, 4) is 0 Å². The van der Waals surface area contributed by atoms with Crippen LogP contribution in [0.3, 0.4) is 0 Å². The van der Waals surface area contributed by atoms with Crippen molar-refractivity contribution in [2.75, 3.05) is 7.11 Å². The van der Waals surface area contributed by atoms with E-state index in [1.54, 1.807) is 12.3 Å². The van der Waals surface area contributed by atoms with Crippen LogP contribution in [0.4, 0.5) is 17.6 Å². The Hall–Kier alpha value is -2.64. The van der Waals surface area contributed by atoms with Crippen LogP contribution in [0.5, 0.6) is 0 Å². The molecule has 0 fully saturated rings. The number of hydrogen-bond acceptors (Lipinski definition) is 6. The van der Waals surface area contributed by atoms with Gasteiger partial charge in [0.1, 0.15) is 4.60 Å². The van der Waals surface area contributed by atoms with E-state index in [9.17, 15) is 22.4 Å². The molecule has 0 bridgehead atoms. The SMILES string of the molecule is COC(=O)c1ccc[n+](Cc2cc3ccccc3nc2Br)c1F.O=S(=O)([O-])C(F)(F)F. The maximum Gasteiger partial charge on any atom is 0.485 e. The van der Waals surface area contributed by atoms with Crippen molar-refractivity contribution < 1.29 is 44.6 Å². The van der Waals surface area contributed by atoms with Gasteiger partial charge in [0.05, 0.1) is 18.2 Å². The largest absolute Gasteiger partial charge is 0.741 e. The molecule has 0 aliphatic heterocycles. The van der Waals surface area contributed by atoms with Crippen LogP contribution in [-0.4, -0.2) is 36.5 Å². The molecule has 2 aromatic heterocycles. The molecule has 0 amide bonds. The van der Waals surface area contributed by atoms with Gasteiger partial charge in [-0.15, -0.1) is 4.39 Å². The maximum atomic E-state index is 14.5. The van der Waals surface area contributed by atoms with E-state index < -0.39 is 27.5 Å². The lowest BCUT2D eigenvalue weighted by Crippen LogP contribution is -2.40. The quantitative estimate of drug-likeness (QED) is 0.130. The molecule has 7 nitrogen and oxygen atoms in total. The molecule has 0 unspecified atom stereocenters. The normalized spacial score (nSPS) is 11.6. The lowest BCUT2D eigenvalue weighted by Gasteiger charge is -2.08. The van der Waals surface area contributed by atoms with Gasteiger partial charge in [0.15, 0.2) is 28.4 Å². The van der Waals surface area contributed by atoms with E-state index in [1.165, 1.54) is 17.7 Å². The minimum atomic E-state index is -6.09. The van der Waals surface area contributed by atoms with Crippen LogP contribution in [0.2, 0.25) is 0 Å². The van der Waals surface area contributed by atoms with Gasteiger partial charge in [-0.2, -0.15) is 17.7 Å². The lowest BCUT2D eigenvalue weighted by molar-refractivity contribution is -0.716. The molecule has 0 aliphatic rings. The predicted molar refractivity (Wildman–Crippen MR) is 102 cm³/mol. The van der Waals surface area contributed by atoms with Crippen LogP contribution in [0, 0.1) is 5.95 Å². The summed E-state index contributed by atoms with van der Waals surface area (Å²) in [6.45, 7) is 0.245. The number of benzene rings is 1. The van der Waals surface area contributed by atoms with Gasteiger partial charge in [-0.25, -0.2) is 18.2 Å². The van der Waals surface area contributed by atoms with Crippen molar-refractivity contribution in [3.05, 3.63) is 70.3 Å². The molecule has 2 heterocycles. The van der Waals surface area contributed by atoms with Gasteiger partial charge in [-0.3, -0.25) is 0 Å². The molecule has 0 radical (unpaired) electrons. The van der Waals surface area contributed by atoms with Gasteiger partial charge >= 0.3 is 17.4 Å². The Balaban J connectivity index is 0.000000366. The number of hydrogen-bond donors (Lipinski definition) is 0. The zero-order valence-electron chi connectivity index (χ0n) is 15.6. The number of nitrogens with zero attached hydrogens (tertiary/aromatic N) is 2. The number of esters is 1. The standard InChI is InChI=1S/C17H13BrFN2O2.CHF3O3S/c1-23-17(22)13-6-4-8-21(16(13)19)10-12-9-11-5-2-3-7-14(11)20-15(12)18;2-1(3,4)8(5,6)7/h2-9H,10H2,1H3;(H,5,6,7)/q+1;/p-1. The fraction of sp³-hybridized carbons (Fsp3) is 0.167. The summed E-state index contributed by atoms with van der Waals surface area (Å²) in [6, 6.07) is 12.6. The Morgan fingerprint density at radius 2 is 1.84 bits per heavy atom. The summed E-state index contributed by atoms with van der Waals surface area (Å²) < 4.78 is 80.0. The summed E-state index contributed by atoms with van der Waals surface area (Å²) in [5, 5.41) is 0.968. The topological polar surface area (TPSA) is 100 Å². The molecule has 3 aromatic rings. The molecule has 166 valence electrons. The fourth-order valence-electron chi connectivity index (χ4n) is 2.35. The number of carbonyl (C=O) groups is 1. The van der Waals surface area contributed by atoms with E-state index in [-0.39, 0.29) is 12.1 Å². The summed E-state index contributed by atoms with van der Waals surface area (Å²) >= 11 is 3.42. The number of ether oxygens (including phenoxy) is 1. The number of alkyl halides is 3. The highest BCUT2D eigenvalue weighted by molar-refractivity contribution is 9.10. The van der Waals surface area contributed by atoms with Crippen molar-refractivity contribution in [2.24, 2.45) is 0 Å². The third-order valence-corrected chi connectivity index (χ3v) is 5.04. The Morgan fingerprint density at radius 1 is 1.23 bits per heavy atom. The van der Waals surface area contributed by atoms with Crippen LogP contribution in [0.15, 0.2) is 53.3 Å². The summed E-state index contributed by atoms with van der Waals surface area (Å²) in [6.07, 6.45) is 1.57. The zero-order chi connectivity index (χ0) is 23.4. The first-order chi connectivity index (χ1) is 14.3. The second-order valence-corrected chi connectivity index (χ2v) is 7.99. The second kappa shape index (κ2) is 9.66. The summed E-state index contributed by atoms with van der Waals surface area (Å²) in [5.74, 6) is -1.34. The molecule has 31 heavy (non-hydrogen) atoms. The Labute approximate surface area is 182 Å². The van der Waals surface area contributed by atoms with Crippen molar-refractivity contribution in [2.45, 2.75) is 12.1 Å². The van der Waals surface area contributed by atoms with Gasteiger partial charge in [0, 0.05) is 11.5 Å². The average molecular weight is 525 g/mol. The third-order valence-electron chi connectivity index (χ3n) is 3.78. The minimum Gasteiger partial charge on any atom is -0.741 e. The number of aromatic nitrogens is 2. The van der Waals surface area contributed by atoms with E-state index in [0.717, 1.165) is 16.5 Å². The summed E-state index contributed by atoms with van der Waals surface area (Å²) in [7, 11) is -4.87. The highest BCUT2D eigenvalue weighted by atomic mass is 79.9. The zero-order valence-corrected chi connectivity index (χ0v) is 18.0. The number of halogens is 5. The molecule has 0 spiro atoms. The smallest absolute Gasteiger partial charge is 0.485 e. The van der Waals surface area contributed by atoms with Crippen molar-refractivity contribution in [1.82, 2.24) is 4.98 Å². The van der Waals surface area contributed by atoms with Crippen molar-refractivity contribution in [1.29, 1.82) is 0 Å². The number of pyridine rings is 2. The van der Waals surface area contributed by atoms with Gasteiger partial charge in [0.2, 0.25) is 0 Å². The Kier molecular flexibility index (Phi) is 7.68. The van der Waals surface area contributed by atoms with Crippen LogP contribution < -0.4 is 4.57 Å².